The first-order valence-electron chi connectivity index (χ1n) is 3.43. The second-order valence-electron chi connectivity index (χ2n) is 2.60. The Balaban J connectivity index is 3.14. The summed E-state index contributed by atoms with van der Waals surface area (Å²) in [6, 6.07) is 3.98. The minimum absolute atomic E-state index is 0.269. The fourth-order valence-electron chi connectivity index (χ4n) is 0.841. The molecule has 0 heterocycles. The van der Waals surface area contributed by atoms with Crippen LogP contribution < -0.4 is 10.6 Å². The third-order valence-corrected chi connectivity index (χ3v) is 3.46. The Labute approximate surface area is 79.5 Å². The van der Waals surface area contributed by atoms with Gasteiger partial charge in [-0.05, 0) is 24.3 Å². The summed E-state index contributed by atoms with van der Waals surface area (Å²) in [5.74, 6) is 0. The minimum Gasteiger partial charge on any atom is -0.321 e. The number of hydrogen-bond acceptors (Lipinski definition) is 2. The molecule has 0 aliphatic carbocycles. The Bertz CT molecular complexity index is 371. The Kier molecular flexibility index (Phi) is 2.97. The monoisotopic (exact) mass is 238 g/mol. The maximum atomic E-state index is 10.7. The van der Waals surface area contributed by atoms with Crippen LogP contribution in [-0.2, 0) is 9.13 Å². The average molecular weight is 238 g/mol. The van der Waals surface area contributed by atoms with Gasteiger partial charge in [0, 0.05) is 0 Å². The minimum atomic E-state index is -4.34. The smallest absolute Gasteiger partial charge is 0.321 e. The van der Waals surface area contributed by atoms with Crippen molar-refractivity contribution in [3.05, 3.63) is 24.3 Å². The molecule has 0 saturated heterocycles. The molecule has 4 N–H and O–H groups in total. The molecule has 1 aromatic carbocycles. The third-order valence-electron chi connectivity index (χ3n) is 1.52. The van der Waals surface area contributed by atoms with Gasteiger partial charge in [-0.1, -0.05) is 0 Å². The van der Waals surface area contributed by atoms with Crippen LogP contribution in [0.4, 0.5) is 0 Å². The maximum absolute atomic E-state index is 10.7. The first-order valence-corrected chi connectivity index (χ1v) is 6.66. The van der Waals surface area contributed by atoms with Crippen LogP contribution >= 0.6 is 15.2 Å². The molecule has 14 heavy (non-hydrogen) atoms. The highest BCUT2D eigenvalue weighted by Gasteiger charge is 2.20. The number of rotatable bonds is 2. The van der Waals surface area contributed by atoms with Crippen molar-refractivity contribution in [2.45, 2.75) is 0 Å². The zero-order valence-electron chi connectivity index (χ0n) is 6.81. The van der Waals surface area contributed by atoms with Gasteiger partial charge in [-0.15, -0.1) is 0 Å². The van der Waals surface area contributed by atoms with E-state index in [1.54, 1.807) is 0 Å². The van der Waals surface area contributed by atoms with Gasteiger partial charge in [0.1, 0.15) is 0 Å². The van der Waals surface area contributed by atoms with E-state index in [1.165, 1.54) is 0 Å². The van der Waals surface area contributed by atoms with E-state index >= 15 is 0 Å². The summed E-state index contributed by atoms with van der Waals surface area (Å²) in [6.45, 7) is 0. The van der Waals surface area contributed by atoms with Crippen LogP contribution in [0.2, 0.25) is 0 Å². The molecule has 8 heteroatoms. The van der Waals surface area contributed by atoms with Crippen LogP contribution in [0.1, 0.15) is 0 Å². The number of benzene rings is 1. The Morgan fingerprint density at radius 2 is 0.929 bits per heavy atom. The molecule has 0 saturated carbocycles. The van der Waals surface area contributed by atoms with Crippen LogP contribution in [0.3, 0.4) is 0 Å². The van der Waals surface area contributed by atoms with Gasteiger partial charge in [-0.3, -0.25) is 9.13 Å². The predicted octanol–water partition coefficient (Wildman–Crippen LogP) is -0.707. The molecule has 78 valence electrons. The van der Waals surface area contributed by atoms with Crippen LogP contribution in [0.5, 0.6) is 0 Å². The van der Waals surface area contributed by atoms with Gasteiger partial charge in [0.05, 0.1) is 10.6 Å². The van der Waals surface area contributed by atoms with Gasteiger partial charge in [0.2, 0.25) is 0 Å². The zero-order chi connectivity index (χ0) is 11.0. The standard InChI is InChI=1S/C6H8O6P2/c7-13(8,9)5-1-2-6(4-3-5)14(10,11)12/h1-4H,(H2,7,8,9)(H2,10,11,12). The summed E-state index contributed by atoms with van der Waals surface area (Å²) >= 11 is 0. The van der Waals surface area contributed by atoms with E-state index in [0.717, 1.165) is 24.3 Å². The lowest BCUT2D eigenvalue weighted by Crippen LogP contribution is -2.10. The van der Waals surface area contributed by atoms with Gasteiger partial charge in [0.25, 0.3) is 0 Å². The van der Waals surface area contributed by atoms with E-state index in [1.807, 2.05) is 0 Å². The van der Waals surface area contributed by atoms with Crippen molar-refractivity contribution in [1.29, 1.82) is 0 Å². The van der Waals surface area contributed by atoms with Crippen molar-refractivity contribution in [3.63, 3.8) is 0 Å². The zero-order valence-corrected chi connectivity index (χ0v) is 8.60. The van der Waals surface area contributed by atoms with E-state index in [0.29, 0.717) is 0 Å². The predicted molar refractivity (Wildman–Crippen MR) is 49.8 cm³/mol. The first kappa shape index (κ1) is 11.6. The summed E-state index contributed by atoms with van der Waals surface area (Å²) < 4.78 is 21.4. The molecule has 0 atom stereocenters. The molecule has 0 unspecified atom stereocenters. The first-order chi connectivity index (χ1) is 6.21. The van der Waals surface area contributed by atoms with E-state index in [9.17, 15) is 9.13 Å². The fourth-order valence-corrected chi connectivity index (χ4v) is 1.92. The maximum Gasteiger partial charge on any atom is 0.356 e. The van der Waals surface area contributed by atoms with Crippen LogP contribution in [0.15, 0.2) is 24.3 Å². The van der Waals surface area contributed by atoms with E-state index in [-0.39, 0.29) is 10.6 Å². The van der Waals surface area contributed by atoms with Crippen molar-refractivity contribution in [2.75, 3.05) is 0 Å². The fraction of sp³-hybridized carbons (Fsp3) is 0. The van der Waals surface area contributed by atoms with E-state index in [4.69, 9.17) is 19.6 Å². The molecule has 0 spiro atoms. The van der Waals surface area contributed by atoms with Gasteiger partial charge in [0.15, 0.2) is 0 Å². The van der Waals surface area contributed by atoms with Gasteiger partial charge >= 0.3 is 15.2 Å². The molecule has 0 amide bonds. The van der Waals surface area contributed by atoms with Crippen molar-refractivity contribution < 1.29 is 28.7 Å². The Morgan fingerprint density at radius 3 is 1.07 bits per heavy atom. The summed E-state index contributed by atoms with van der Waals surface area (Å²) in [5.41, 5.74) is 0. The molecule has 0 aromatic heterocycles. The number of hydrogen-bond donors (Lipinski definition) is 4. The quantitative estimate of drug-likeness (QED) is 0.506. The lowest BCUT2D eigenvalue weighted by atomic mass is 10.4. The van der Waals surface area contributed by atoms with Crippen LogP contribution in [0.25, 0.3) is 0 Å². The van der Waals surface area contributed by atoms with Crippen molar-refractivity contribution in [2.24, 2.45) is 0 Å². The second kappa shape index (κ2) is 3.59. The lowest BCUT2D eigenvalue weighted by Gasteiger charge is -2.06. The highest BCUT2D eigenvalue weighted by molar-refractivity contribution is 7.61. The van der Waals surface area contributed by atoms with Crippen molar-refractivity contribution >= 4 is 25.8 Å². The third kappa shape index (κ3) is 2.75. The Hall–Kier alpha value is -0.480. The molecule has 0 aliphatic rings. The molecule has 1 rings (SSSR count). The molecule has 0 aliphatic heterocycles. The average Bonchev–Trinajstić information content (AvgIpc) is 2.01. The van der Waals surface area contributed by atoms with Gasteiger partial charge in [-0.25, -0.2) is 0 Å². The summed E-state index contributed by atoms with van der Waals surface area (Å²) in [5, 5.41) is -0.538. The SMILES string of the molecule is O=P(O)(O)c1ccc(P(=O)(O)O)cc1. The van der Waals surface area contributed by atoms with E-state index < -0.39 is 15.2 Å². The van der Waals surface area contributed by atoms with Crippen LogP contribution in [0, 0.1) is 0 Å². The van der Waals surface area contributed by atoms with Crippen molar-refractivity contribution in [3.8, 4) is 0 Å². The summed E-state index contributed by atoms with van der Waals surface area (Å²) in [6.07, 6.45) is 0. The highest BCUT2D eigenvalue weighted by Crippen LogP contribution is 2.35. The molecule has 1 aromatic rings. The molecule has 0 fully saturated rings. The topological polar surface area (TPSA) is 115 Å². The molecule has 0 bridgehead atoms. The second-order valence-corrected chi connectivity index (χ2v) is 5.81. The van der Waals surface area contributed by atoms with Crippen molar-refractivity contribution in [1.82, 2.24) is 0 Å². The van der Waals surface area contributed by atoms with Gasteiger partial charge < -0.3 is 19.6 Å². The lowest BCUT2D eigenvalue weighted by molar-refractivity contribution is 0.384. The highest BCUT2D eigenvalue weighted by atomic mass is 31.2. The molecule has 0 radical (unpaired) electrons. The molecular weight excluding hydrogens is 230 g/mol. The van der Waals surface area contributed by atoms with Crippen LogP contribution in [-0.4, -0.2) is 19.6 Å². The molecule has 6 nitrogen and oxygen atoms in total. The van der Waals surface area contributed by atoms with E-state index in [2.05, 4.69) is 0 Å². The largest absolute Gasteiger partial charge is 0.356 e. The normalized spacial score (nSPS) is 12.9. The summed E-state index contributed by atoms with van der Waals surface area (Å²) in [4.78, 5) is 34.8. The summed E-state index contributed by atoms with van der Waals surface area (Å²) in [7, 11) is -8.69. The Morgan fingerprint density at radius 1 is 0.714 bits per heavy atom. The van der Waals surface area contributed by atoms with Gasteiger partial charge in [-0.2, -0.15) is 0 Å². The molecular formula is C6H8O6P2.